The minimum atomic E-state index is -0.186. The summed E-state index contributed by atoms with van der Waals surface area (Å²) in [4.78, 5) is 28.4. The lowest BCUT2D eigenvalue weighted by Gasteiger charge is -2.25. The molecule has 0 fully saturated rings. The van der Waals surface area contributed by atoms with E-state index in [1.165, 1.54) is 11.8 Å². The van der Waals surface area contributed by atoms with Crippen LogP contribution in [0.4, 0.5) is 5.69 Å². The van der Waals surface area contributed by atoms with Gasteiger partial charge in [-0.1, -0.05) is 42.5 Å². The van der Waals surface area contributed by atoms with Gasteiger partial charge in [0.2, 0.25) is 5.91 Å². The maximum absolute atomic E-state index is 13.0. The Kier molecular flexibility index (Phi) is 9.57. The number of ether oxygens (including phenoxy) is 2. The second-order valence-corrected chi connectivity index (χ2v) is 9.02. The van der Waals surface area contributed by atoms with Crippen LogP contribution in [0.3, 0.4) is 0 Å². The van der Waals surface area contributed by atoms with Crippen LogP contribution >= 0.6 is 11.8 Å². The molecule has 2 N–H and O–H groups in total. The Hall–Kier alpha value is -3.49. The molecule has 3 rings (SSSR count). The van der Waals surface area contributed by atoms with Crippen LogP contribution in [-0.2, 0) is 4.79 Å². The maximum atomic E-state index is 13.0. The minimum absolute atomic E-state index is 0.0484. The molecule has 0 saturated heterocycles. The van der Waals surface area contributed by atoms with Gasteiger partial charge in [-0.05, 0) is 43.9 Å². The van der Waals surface area contributed by atoms with E-state index in [2.05, 4.69) is 27.7 Å². The molecular formula is C27H31N3O4S. The highest BCUT2D eigenvalue weighted by Gasteiger charge is 2.18. The van der Waals surface area contributed by atoms with Crippen molar-refractivity contribution >= 4 is 29.3 Å². The molecule has 35 heavy (non-hydrogen) atoms. The summed E-state index contributed by atoms with van der Waals surface area (Å²) >= 11 is 1.32. The van der Waals surface area contributed by atoms with Gasteiger partial charge in [0.1, 0.15) is 0 Å². The fourth-order valence-electron chi connectivity index (χ4n) is 3.59. The molecule has 0 spiro atoms. The summed E-state index contributed by atoms with van der Waals surface area (Å²) in [5.74, 6) is 0.920. The Morgan fingerprint density at radius 2 is 1.60 bits per heavy atom. The lowest BCUT2D eigenvalue weighted by molar-refractivity contribution is -0.113. The molecule has 0 saturated carbocycles. The summed E-state index contributed by atoms with van der Waals surface area (Å²) in [6.07, 6.45) is 0. The highest BCUT2D eigenvalue weighted by Crippen LogP contribution is 2.30. The minimum Gasteiger partial charge on any atom is -0.493 e. The lowest BCUT2D eigenvalue weighted by Crippen LogP contribution is -2.34. The molecule has 0 aliphatic carbocycles. The number of carbonyl (C=O) groups excluding carboxylic acids is 2. The summed E-state index contributed by atoms with van der Waals surface area (Å²) in [7, 11) is 7.08. The Balaban J connectivity index is 1.61. The molecule has 184 valence electrons. The van der Waals surface area contributed by atoms with Gasteiger partial charge in [-0.15, -0.1) is 11.8 Å². The molecule has 1 atom stereocenters. The van der Waals surface area contributed by atoms with Crippen LogP contribution < -0.4 is 20.1 Å². The monoisotopic (exact) mass is 493 g/mol. The number of amides is 2. The number of anilines is 1. The molecule has 7 nitrogen and oxygen atoms in total. The molecule has 0 aromatic heterocycles. The number of hydrogen-bond acceptors (Lipinski definition) is 6. The third kappa shape index (κ3) is 7.24. The van der Waals surface area contributed by atoms with Crippen molar-refractivity contribution in [1.29, 1.82) is 0 Å². The second kappa shape index (κ2) is 12.8. The Morgan fingerprint density at radius 1 is 0.914 bits per heavy atom. The average Bonchev–Trinajstić information content (AvgIpc) is 2.88. The fourth-order valence-corrected chi connectivity index (χ4v) is 4.44. The molecule has 2 amide bonds. The quantitative estimate of drug-likeness (QED) is 0.384. The van der Waals surface area contributed by atoms with Crippen molar-refractivity contribution < 1.29 is 19.1 Å². The van der Waals surface area contributed by atoms with E-state index >= 15 is 0 Å². The number of nitrogens with zero attached hydrogens (tertiary/aromatic N) is 1. The third-order valence-corrected chi connectivity index (χ3v) is 6.49. The zero-order chi connectivity index (χ0) is 25.2. The second-order valence-electron chi connectivity index (χ2n) is 8.00. The van der Waals surface area contributed by atoms with Crippen LogP contribution in [0.5, 0.6) is 11.5 Å². The first-order valence-electron chi connectivity index (χ1n) is 11.2. The number of nitrogens with one attached hydrogen (secondary N) is 2. The van der Waals surface area contributed by atoms with Gasteiger partial charge in [-0.2, -0.15) is 0 Å². The molecule has 3 aromatic rings. The van der Waals surface area contributed by atoms with Crippen LogP contribution in [0, 0.1) is 0 Å². The first-order chi connectivity index (χ1) is 16.9. The van der Waals surface area contributed by atoms with Crippen LogP contribution in [0.15, 0.2) is 77.7 Å². The van der Waals surface area contributed by atoms with Crippen molar-refractivity contribution in [2.75, 3.05) is 45.9 Å². The van der Waals surface area contributed by atoms with Crippen molar-refractivity contribution in [2.24, 2.45) is 0 Å². The van der Waals surface area contributed by atoms with Gasteiger partial charge in [0.25, 0.3) is 5.91 Å². The first kappa shape index (κ1) is 26.1. The number of rotatable bonds is 11. The number of hydrogen-bond donors (Lipinski definition) is 2. The number of likely N-dealkylation sites (N-methyl/N-ethyl adjacent to an activating group) is 1. The van der Waals surface area contributed by atoms with Crippen molar-refractivity contribution in [1.82, 2.24) is 10.2 Å². The van der Waals surface area contributed by atoms with Gasteiger partial charge in [-0.25, -0.2) is 0 Å². The van der Waals surface area contributed by atoms with Crippen LogP contribution in [0.25, 0.3) is 0 Å². The van der Waals surface area contributed by atoms with E-state index in [1.54, 1.807) is 38.5 Å². The van der Waals surface area contributed by atoms with Crippen LogP contribution in [-0.4, -0.2) is 57.3 Å². The first-order valence-corrected chi connectivity index (χ1v) is 12.1. The van der Waals surface area contributed by atoms with E-state index in [9.17, 15) is 9.59 Å². The van der Waals surface area contributed by atoms with E-state index in [-0.39, 0.29) is 23.6 Å². The summed E-state index contributed by atoms with van der Waals surface area (Å²) in [5.41, 5.74) is 2.28. The Labute approximate surface area is 210 Å². The van der Waals surface area contributed by atoms with Gasteiger partial charge >= 0.3 is 0 Å². The number of methoxy groups -OCH3 is 2. The molecular weight excluding hydrogens is 462 g/mol. The SMILES string of the molecule is COc1ccc(NC(=O)CSc2ccccc2C(=O)NC[C@H](c2ccccc2)N(C)C)cc1OC. The molecule has 0 heterocycles. The number of carbonyl (C=O) groups is 2. The van der Waals surface area contributed by atoms with Crippen LogP contribution in [0.2, 0.25) is 0 Å². The number of benzene rings is 3. The third-order valence-electron chi connectivity index (χ3n) is 5.42. The lowest BCUT2D eigenvalue weighted by atomic mass is 10.1. The van der Waals surface area contributed by atoms with E-state index in [0.717, 1.165) is 10.5 Å². The fraction of sp³-hybridized carbons (Fsp3) is 0.259. The molecule has 3 aromatic carbocycles. The average molecular weight is 494 g/mol. The predicted octanol–water partition coefficient (Wildman–Crippen LogP) is 4.47. The molecule has 8 heteroatoms. The van der Waals surface area contributed by atoms with Gasteiger partial charge in [0.15, 0.2) is 11.5 Å². The molecule has 0 aliphatic heterocycles. The van der Waals surface area contributed by atoms with Gasteiger partial charge in [0.05, 0.1) is 31.6 Å². The smallest absolute Gasteiger partial charge is 0.252 e. The maximum Gasteiger partial charge on any atom is 0.252 e. The standard InChI is InChI=1S/C27H31N3O4S/c1-30(2)22(19-10-6-5-7-11-19)17-28-27(32)21-12-8-9-13-25(21)35-18-26(31)29-20-14-15-23(33-3)24(16-20)34-4/h5-16,22H,17-18H2,1-4H3,(H,28,32)(H,29,31)/t22-/m1/s1. The highest BCUT2D eigenvalue weighted by molar-refractivity contribution is 8.00. The van der Waals surface area contributed by atoms with E-state index in [0.29, 0.717) is 29.3 Å². The summed E-state index contributed by atoms with van der Waals surface area (Å²) in [6.45, 7) is 0.467. The predicted molar refractivity (Wildman–Crippen MR) is 141 cm³/mol. The summed E-state index contributed by atoms with van der Waals surface area (Å²) in [6, 6.07) is 22.6. The zero-order valence-corrected chi connectivity index (χ0v) is 21.2. The Bertz CT molecular complexity index is 1140. The molecule has 0 bridgehead atoms. The molecule has 0 radical (unpaired) electrons. The molecule has 0 unspecified atom stereocenters. The highest BCUT2D eigenvalue weighted by atomic mass is 32.2. The van der Waals surface area contributed by atoms with Crippen LogP contribution in [0.1, 0.15) is 22.0 Å². The van der Waals surface area contributed by atoms with Crippen molar-refractivity contribution in [3.63, 3.8) is 0 Å². The largest absolute Gasteiger partial charge is 0.493 e. The topological polar surface area (TPSA) is 79.9 Å². The van der Waals surface area contributed by atoms with Crippen molar-refractivity contribution in [2.45, 2.75) is 10.9 Å². The zero-order valence-electron chi connectivity index (χ0n) is 20.4. The number of thioether (sulfide) groups is 1. The van der Waals surface area contributed by atoms with Gasteiger partial charge in [-0.3, -0.25) is 9.59 Å². The van der Waals surface area contributed by atoms with E-state index < -0.39 is 0 Å². The summed E-state index contributed by atoms with van der Waals surface area (Å²) in [5, 5.41) is 5.91. The van der Waals surface area contributed by atoms with E-state index in [4.69, 9.17) is 9.47 Å². The van der Waals surface area contributed by atoms with Gasteiger partial charge in [0, 0.05) is 23.2 Å². The summed E-state index contributed by atoms with van der Waals surface area (Å²) < 4.78 is 10.5. The van der Waals surface area contributed by atoms with E-state index in [1.807, 2.05) is 50.5 Å². The molecule has 0 aliphatic rings. The Morgan fingerprint density at radius 3 is 2.29 bits per heavy atom. The van der Waals surface area contributed by atoms with Gasteiger partial charge < -0.3 is 25.0 Å². The van der Waals surface area contributed by atoms with Crippen molar-refractivity contribution in [3.05, 3.63) is 83.9 Å². The van der Waals surface area contributed by atoms with Crippen molar-refractivity contribution in [3.8, 4) is 11.5 Å². The normalized spacial score (nSPS) is 11.6.